The van der Waals surface area contributed by atoms with Crippen LogP contribution in [-0.2, 0) is 12.8 Å². The van der Waals surface area contributed by atoms with Gasteiger partial charge in [-0.15, -0.1) is 32.9 Å². The number of aryl methyl sites for hydroxylation is 1. The number of thioether (sulfide) groups is 1. The first-order valence-corrected chi connectivity index (χ1v) is 10.5. The Morgan fingerprint density at radius 1 is 1.46 bits per heavy atom. The minimum absolute atomic E-state index is 0.0929. The normalized spacial score (nSPS) is 17.0. The topological polar surface area (TPSA) is 56.0 Å². The number of thiophene rings is 2. The highest BCUT2D eigenvalue weighted by Crippen LogP contribution is 2.37. The lowest BCUT2D eigenvalue weighted by Gasteiger charge is -2.16. The van der Waals surface area contributed by atoms with E-state index in [0.717, 1.165) is 28.5 Å². The van der Waals surface area contributed by atoms with Crippen LogP contribution in [0.15, 0.2) is 33.2 Å². The summed E-state index contributed by atoms with van der Waals surface area (Å²) >= 11 is 4.51. The number of nitrogens with zero attached hydrogens (tertiary/aromatic N) is 2. The average Bonchev–Trinajstić information content (AvgIpc) is 3.30. The maximum Gasteiger partial charge on any atom is 0.277 e. The van der Waals surface area contributed by atoms with Crippen LogP contribution >= 0.6 is 34.4 Å². The van der Waals surface area contributed by atoms with Gasteiger partial charge in [0.1, 0.15) is 0 Å². The number of ketones is 1. The maximum atomic E-state index is 12.0. The van der Waals surface area contributed by atoms with Gasteiger partial charge in [0.25, 0.3) is 11.1 Å². The Balaban J connectivity index is 1.44. The maximum absolute atomic E-state index is 12.0. The largest absolute Gasteiger partial charge is 0.410 e. The fourth-order valence-corrected chi connectivity index (χ4v) is 5.35. The summed E-state index contributed by atoms with van der Waals surface area (Å²) in [5.74, 6) is 1.72. The molecule has 0 amide bonds. The van der Waals surface area contributed by atoms with Gasteiger partial charge >= 0.3 is 0 Å². The lowest BCUT2D eigenvalue weighted by molar-refractivity contribution is 0.102. The summed E-state index contributed by atoms with van der Waals surface area (Å²) in [7, 11) is 0. The van der Waals surface area contributed by atoms with Crippen LogP contribution in [0.1, 0.15) is 33.5 Å². The van der Waals surface area contributed by atoms with Crippen LogP contribution in [0.4, 0.5) is 0 Å². The summed E-state index contributed by atoms with van der Waals surface area (Å²) in [4.78, 5) is 15.3. The first kappa shape index (κ1) is 16.1. The van der Waals surface area contributed by atoms with Crippen LogP contribution in [0.25, 0.3) is 10.8 Å². The quantitative estimate of drug-likeness (QED) is 0.465. The molecule has 1 unspecified atom stereocenters. The standard InChI is InChI=1S/C17H16N2O2S3/c1-10-4-5-13-11(7-10)8-15(24-13)16-18-19-17(21-16)23-9-12(20)14-3-2-6-22-14/h2-3,6,8,10H,4-5,7,9H2,1H3. The zero-order valence-electron chi connectivity index (χ0n) is 13.2. The van der Waals surface area contributed by atoms with E-state index in [1.54, 1.807) is 11.3 Å². The highest BCUT2D eigenvalue weighted by atomic mass is 32.2. The number of carbonyl (C=O) groups is 1. The summed E-state index contributed by atoms with van der Waals surface area (Å²) in [6.45, 7) is 2.30. The summed E-state index contributed by atoms with van der Waals surface area (Å²) in [5, 5.41) is 10.6. The molecule has 24 heavy (non-hydrogen) atoms. The lowest BCUT2D eigenvalue weighted by Crippen LogP contribution is -2.07. The molecular formula is C17H16N2O2S3. The van der Waals surface area contributed by atoms with Gasteiger partial charge in [0.15, 0.2) is 5.78 Å². The molecule has 1 atom stereocenters. The van der Waals surface area contributed by atoms with Crippen LogP contribution in [0.3, 0.4) is 0 Å². The van der Waals surface area contributed by atoms with E-state index in [4.69, 9.17) is 4.42 Å². The molecule has 7 heteroatoms. The van der Waals surface area contributed by atoms with Gasteiger partial charge in [-0.05, 0) is 48.3 Å². The molecule has 3 aromatic heterocycles. The van der Waals surface area contributed by atoms with E-state index in [9.17, 15) is 4.79 Å². The summed E-state index contributed by atoms with van der Waals surface area (Å²) in [6, 6.07) is 5.91. The van der Waals surface area contributed by atoms with E-state index >= 15 is 0 Å². The monoisotopic (exact) mass is 376 g/mol. The highest BCUT2D eigenvalue weighted by Gasteiger charge is 2.21. The zero-order valence-corrected chi connectivity index (χ0v) is 15.6. The minimum atomic E-state index is 0.0929. The van der Waals surface area contributed by atoms with Gasteiger partial charge in [-0.1, -0.05) is 24.8 Å². The summed E-state index contributed by atoms with van der Waals surface area (Å²) < 4.78 is 5.74. The van der Waals surface area contributed by atoms with E-state index in [1.165, 1.54) is 40.0 Å². The molecule has 0 spiro atoms. The molecule has 0 saturated heterocycles. The lowest BCUT2D eigenvalue weighted by atomic mass is 9.90. The first-order chi connectivity index (χ1) is 11.7. The van der Waals surface area contributed by atoms with Crippen LogP contribution in [0.5, 0.6) is 0 Å². The number of hydrogen-bond acceptors (Lipinski definition) is 7. The Morgan fingerprint density at radius 2 is 2.38 bits per heavy atom. The molecule has 124 valence electrons. The first-order valence-electron chi connectivity index (χ1n) is 7.84. The second-order valence-electron chi connectivity index (χ2n) is 5.97. The van der Waals surface area contributed by atoms with Crippen LogP contribution in [0.2, 0.25) is 0 Å². The number of Topliss-reactive ketones (excluding diaryl/α,β-unsaturated/α-hetero) is 1. The van der Waals surface area contributed by atoms with Gasteiger partial charge in [0, 0.05) is 4.88 Å². The van der Waals surface area contributed by atoms with E-state index in [0.29, 0.717) is 16.9 Å². The van der Waals surface area contributed by atoms with Gasteiger partial charge in [-0.3, -0.25) is 4.79 Å². The molecular weight excluding hydrogens is 360 g/mol. The van der Waals surface area contributed by atoms with Crippen molar-refractivity contribution in [2.45, 2.75) is 31.4 Å². The molecule has 0 N–H and O–H groups in total. The van der Waals surface area contributed by atoms with Crippen molar-refractivity contribution in [3.63, 3.8) is 0 Å². The van der Waals surface area contributed by atoms with Gasteiger partial charge in [-0.2, -0.15) is 0 Å². The molecule has 4 nitrogen and oxygen atoms in total. The number of rotatable bonds is 5. The number of carbonyl (C=O) groups excluding carboxylic acids is 1. The Hall–Kier alpha value is -1.44. The van der Waals surface area contributed by atoms with Crippen LogP contribution < -0.4 is 0 Å². The average molecular weight is 377 g/mol. The molecule has 3 heterocycles. The third-order valence-corrected chi connectivity index (χ3v) is 7.02. The van der Waals surface area contributed by atoms with Gasteiger partial charge in [-0.25, -0.2) is 0 Å². The van der Waals surface area contributed by atoms with Crippen molar-refractivity contribution in [3.8, 4) is 10.8 Å². The molecule has 0 fully saturated rings. The Kier molecular flexibility index (Phi) is 4.56. The molecule has 0 bridgehead atoms. The predicted octanol–water partition coefficient (Wildman–Crippen LogP) is 4.96. The second kappa shape index (κ2) is 6.82. The van der Waals surface area contributed by atoms with E-state index in [-0.39, 0.29) is 5.78 Å². The molecule has 0 radical (unpaired) electrons. The van der Waals surface area contributed by atoms with Crippen molar-refractivity contribution in [2.24, 2.45) is 5.92 Å². The third-order valence-electron chi connectivity index (χ3n) is 4.07. The van der Waals surface area contributed by atoms with Crippen molar-refractivity contribution in [1.29, 1.82) is 0 Å². The molecule has 1 aliphatic carbocycles. The molecule has 0 saturated carbocycles. The van der Waals surface area contributed by atoms with E-state index in [1.807, 2.05) is 17.5 Å². The van der Waals surface area contributed by atoms with Crippen molar-refractivity contribution in [3.05, 3.63) is 38.9 Å². The highest BCUT2D eigenvalue weighted by molar-refractivity contribution is 7.99. The van der Waals surface area contributed by atoms with Gasteiger partial charge in [0.2, 0.25) is 0 Å². The third kappa shape index (κ3) is 3.34. The fourth-order valence-electron chi connectivity index (χ4n) is 2.81. The van der Waals surface area contributed by atoms with E-state index < -0.39 is 0 Å². The second-order valence-corrected chi connectivity index (χ2v) is 8.98. The summed E-state index contributed by atoms with van der Waals surface area (Å²) in [6.07, 6.45) is 3.53. The van der Waals surface area contributed by atoms with Gasteiger partial charge in [0.05, 0.1) is 15.5 Å². The van der Waals surface area contributed by atoms with Crippen LogP contribution in [0, 0.1) is 5.92 Å². The van der Waals surface area contributed by atoms with Crippen molar-refractivity contribution < 1.29 is 9.21 Å². The fraction of sp³-hybridized carbons (Fsp3) is 0.353. The molecule has 0 aliphatic heterocycles. The van der Waals surface area contributed by atoms with Crippen molar-refractivity contribution in [2.75, 3.05) is 5.75 Å². The minimum Gasteiger partial charge on any atom is -0.410 e. The molecule has 4 rings (SSSR count). The summed E-state index contributed by atoms with van der Waals surface area (Å²) in [5.41, 5.74) is 1.43. The number of fused-ring (bicyclic) bond motifs is 1. The SMILES string of the molecule is CC1CCc2sc(-c3nnc(SCC(=O)c4cccs4)o3)cc2C1. The number of aromatic nitrogens is 2. The number of hydrogen-bond donors (Lipinski definition) is 0. The Labute approximate surface area is 152 Å². The Bertz CT molecular complexity index is 851. The predicted molar refractivity (Wildman–Crippen MR) is 98.2 cm³/mol. The molecule has 0 aromatic carbocycles. The van der Waals surface area contributed by atoms with Crippen LogP contribution in [-0.4, -0.2) is 21.7 Å². The van der Waals surface area contributed by atoms with E-state index in [2.05, 4.69) is 23.2 Å². The molecule has 3 aromatic rings. The molecule has 1 aliphatic rings. The van der Waals surface area contributed by atoms with Crippen molar-refractivity contribution in [1.82, 2.24) is 10.2 Å². The smallest absolute Gasteiger partial charge is 0.277 e. The Morgan fingerprint density at radius 3 is 3.21 bits per heavy atom. The van der Waals surface area contributed by atoms with Gasteiger partial charge < -0.3 is 4.42 Å². The zero-order chi connectivity index (χ0) is 16.5. The van der Waals surface area contributed by atoms with Crippen molar-refractivity contribution >= 4 is 40.2 Å².